The Balaban J connectivity index is 1.68. The Hall–Kier alpha value is -2.95. The maximum Gasteiger partial charge on any atom is 0.332 e. The number of amides is 4. The highest BCUT2D eigenvalue weighted by Gasteiger charge is 2.62. The normalized spacial score (nSPS) is 27.1. The molecule has 3 fully saturated rings. The fourth-order valence-corrected chi connectivity index (χ4v) is 4.18. The number of carbonyl (C=O) groups is 3. The minimum Gasteiger partial charge on any atom is -0.335 e. The van der Waals surface area contributed by atoms with Gasteiger partial charge in [-0.25, -0.2) is 14.7 Å². The van der Waals surface area contributed by atoms with Gasteiger partial charge in [-0.15, -0.1) is 0 Å². The summed E-state index contributed by atoms with van der Waals surface area (Å²) in [5.41, 5.74) is 1.25. The predicted octanol–water partition coefficient (Wildman–Crippen LogP) is 0.792. The van der Waals surface area contributed by atoms with Gasteiger partial charge in [0.05, 0.1) is 24.0 Å². The quantitative estimate of drug-likeness (QED) is 0.742. The SMILES string of the molecule is CCC(=O)N1C[C@H]2CC1[C@H]1C(=O)N(c3cnc(C#N)c(C)c3)C(=O)N21. The summed E-state index contributed by atoms with van der Waals surface area (Å²) in [6.45, 7) is 4.00. The van der Waals surface area contributed by atoms with Crippen LogP contribution in [0.15, 0.2) is 12.3 Å². The van der Waals surface area contributed by atoms with Crippen molar-refractivity contribution in [2.75, 3.05) is 11.4 Å². The number of rotatable bonds is 2. The summed E-state index contributed by atoms with van der Waals surface area (Å²) in [6.07, 6.45) is 2.42. The third-order valence-corrected chi connectivity index (χ3v) is 5.32. The van der Waals surface area contributed by atoms with Crippen molar-refractivity contribution in [3.63, 3.8) is 0 Å². The number of fused-ring (bicyclic) bond motifs is 5. The lowest BCUT2D eigenvalue weighted by atomic mass is 10.1. The first-order valence-corrected chi connectivity index (χ1v) is 8.30. The van der Waals surface area contributed by atoms with E-state index < -0.39 is 6.04 Å². The van der Waals surface area contributed by atoms with Crippen LogP contribution in [0.25, 0.3) is 0 Å². The van der Waals surface area contributed by atoms with E-state index in [1.165, 1.54) is 6.20 Å². The number of imide groups is 1. The molecule has 1 aromatic rings. The zero-order valence-electron chi connectivity index (χ0n) is 14.0. The molecule has 4 heterocycles. The van der Waals surface area contributed by atoms with Crippen molar-refractivity contribution in [2.45, 2.75) is 44.8 Å². The highest BCUT2D eigenvalue weighted by Crippen LogP contribution is 2.42. The first-order valence-electron chi connectivity index (χ1n) is 8.30. The van der Waals surface area contributed by atoms with E-state index in [1.807, 2.05) is 6.07 Å². The fraction of sp³-hybridized carbons (Fsp3) is 0.471. The lowest BCUT2D eigenvalue weighted by molar-refractivity contribution is -0.135. The summed E-state index contributed by atoms with van der Waals surface area (Å²) in [6, 6.07) is 2.26. The van der Waals surface area contributed by atoms with Crippen LogP contribution in [0.4, 0.5) is 10.5 Å². The number of nitrogens with zero attached hydrogens (tertiary/aromatic N) is 5. The predicted molar refractivity (Wildman–Crippen MR) is 86.4 cm³/mol. The summed E-state index contributed by atoms with van der Waals surface area (Å²) in [4.78, 5) is 46.4. The molecule has 3 atom stereocenters. The third-order valence-electron chi connectivity index (χ3n) is 5.32. The van der Waals surface area contributed by atoms with Gasteiger partial charge >= 0.3 is 6.03 Å². The number of aromatic nitrogens is 1. The lowest BCUT2D eigenvalue weighted by Crippen LogP contribution is -2.54. The van der Waals surface area contributed by atoms with Gasteiger partial charge < -0.3 is 9.80 Å². The summed E-state index contributed by atoms with van der Waals surface area (Å²) in [5, 5.41) is 8.99. The van der Waals surface area contributed by atoms with Crippen molar-refractivity contribution in [1.82, 2.24) is 14.8 Å². The topological polar surface area (TPSA) is 97.6 Å². The molecule has 4 amide bonds. The van der Waals surface area contributed by atoms with Gasteiger partial charge in [0, 0.05) is 13.0 Å². The van der Waals surface area contributed by atoms with Gasteiger partial charge in [-0.3, -0.25) is 9.59 Å². The van der Waals surface area contributed by atoms with E-state index in [4.69, 9.17) is 5.26 Å². The van der Waals surface area contributed by atoms with Crippen molar-refractivity contribution in [2.24, 2.45) is 0 Å². The molecule has 4 rings (SSSR count). The van der Waals surface area contributed by atoms with Crippen LogP contribution in [-0.2, 0) is 9.59 Å². The molecule has 0 aliphatic carbocycles. The zero-order chi connectivity index (χ0) is 17.9. The first kappa shape index (κ1) is 15.6. The van der Waals surface area contributed by atoms with Crippen molar-refractivity contribution < 1.29 is 14.4 Å². The van der Waals surface area contributed by atoms with Gasteiger partial charge in [-0.05, 0) is 25.0 Å². The Morgan fingerprint density at radius 2 is 2.20 bits per heavy atom. The van der Waals surface area contributed by atoms with Crippen molar-refractivity contribution in [1.29, 1.82) is 5.26 Å². The largest absolute Gasteiger partial charge is 0.335 e. The molecule has 1 unspecified atom stereocenters. The molecule has 3 aliphatic rings. The molecule has 0 radical (unpaired) electrons. The Morgan fingerprint density at radius 1 is 1.44 bits per heavy atom. The van der Waals surface area contributed by atoms with E-state index in [1.54, 1.807) is 29.7 Å². The molecule has 0 N–H and O–H groups in total. The molecule has 128 valence electrons. The zero-order valence-corrected chi connectivity index (χ0v) is 14.0. The average Bonchev–Trinajstić information content (AvgIpc) is 3.26. The van der Waals surface area contributed by atoms with Crippen LogP contribution < -0.4 is 4.90 Å². The molecule has 0 aromatic carbocycles. The number of nitriles is 1. The second-order valence-corrected chi connectivity index (χ2v) is 6.64. The van der Waals surface area contributed by atoms with Crippen molar-refractivity contribution in [3.8, 4) is 6.07 Å². The maximum atomic E-state index is 12.9. The Kier molecular flexibility index (Phi) is 3.29. The van der Waals surface area contributed by atoms with Gasteiger partial charge in [-0.2, -0.15) is 5.26 Å². The Labute approximate surface area is 144 Å². The average molecular weight is 339 g/mol. The second-order valence-electron chi connectivity index (χ2n) is 6.64. The van der Waals surface area contributed by atoms with E-state index >= 15 is 0 Å². The van der Waals surface area contributed by atoms with Gasteiger partial charge in [0.1, 0.15) is 17.8 Å². The van der Waals surface area contributed by atoms with Crippen molar-refractivity contribution in [3.05, 3.63) is 23.5 Å². The molecule has 2 bridgehead atoms. The number of piperazine rings is 1. The minimum atomic E-state index is -0.613. The number of hydrogen-bond acceptors (Lipinski definition) is 5. The molecule has 3 aliphatic heterocycles. The summed E-state index contributed by atoms with van der Waals surface area (Å²) in [7, 11) is 0. The molecule has 0 saturated carbocycles. The highest BCUT2D eigenvalue weighted by atomic mass is 16.2. The van der Waals surface area contributed by atoms with Gasteiger partial charge in [0.25, 0.3) is 5.91 Å². The molecule has 8 heteroatoms. The molecule has 0 spiro atoms. The number of carbonyl (C=O) groups excluding carboxylic acids is 3. The van der Waals surface area contributed by atoms with E-state index in [0.717, 1.165) is 4.90 Å². The standard InChI is InChI=1S/C17H17N5O3/c1-3-14(23)20-8-11-5-13(20)15-16(24)22(17(25)21(11)15)10-4-9(2)12(6-18)19-7-10/h4,7,11,13,15H,3,5,8H2,1-2H3/t11-,13?,15+/m1/s1. The fourth-order valence-electron chi connectivity index (χ4n) is 4.18. The van der Waals surface area contributed by atoms with Crippen LogP contribution >= 0.6 is 0 Å². The summed E-state index contributed by atoms with van der Waals surface area (Å²) < 4.78 is 0. The number of pyridine rings is 1. The second kappa shape index (κ2) is 5.28. The van der Waals surface area contributed by atoms with E-state index in [0.29, 0.717) is 30.6 Å². The number of hydrogen-bond donors (Lipinski definition) is 0. The Morgan fingerprint density at radius 3 is 2.84 bits per heavy atom. The molecular formula is C17H17N5O3. The lowest BCUT2D eigenvalue weighted by Gasteiger charge is -2.34. The van der Waals surface area contributed by atoms with Crippen LogP contribution in [0.2, 0.25) is 0 Å². The first-order chi connectivity index (χ1) is 12.0. The minimum absolute atomic E-state index is 0.0155. The summed E-state index contributed by atoms with van der Waals surface area (Å²) in [5.74, 6) is -0.307. The van der Waals surface area contributed by atoms with E-state index in [-0.39, 0.29) is 35.6 Å². The number of urea groups is 1. The molecule has 1 aromatic heterocycles. The van der Waals surface area contributed by atoms with Gasteiger partial charge in [0.2, 0.25) is 5.91 Å². The number of anilines is 1. The van der Waals surface area contributed by atoms with Crippen LogP contribution in [-0.4, -0.2) is 57.3 Å². The summed E-state index contributed by atoms with van der Waals surface area (Å²) >= 11 is 0. The Bertz CT molecular complexity index is 845. The van der Waals surface area contributed by atoms with Crippen LogP contribution in [0.1, 0.15) is 31.0 Å². The van der Waals surface area contributed by atoms with Crippen LogP contribution in [0, 0.1) is 18.3 Å². The molecular weight excluding hydrogens is 322 g/mol. The molecule has 25 heavy (non-hydrogen) atoms. The monoisotopic (exact) mass is 339 g/mol. The van der Waals surface area contributed by atoms with Gasteiger partial charge in [0.15, 0.2) is 0 Å². The van der Waals surface area contributed by atoms with Crippen LogP contribution in [0.5, 0.6) is 0 Å². The molecule has 3 saturated heterocycles. The van der Waals surface area contributed by atoms with Crippen LogP contribution in [0.3, 0.4) is 0 Å². The van der Waals surface area contributed by atoms with E-state index in [9.17, 15) is 14.4 Å². The van der Waals surface area contributed by atoms with Gasteiger partial charge in [-0.1, -0.05) is 6.92 Å². The number of likely N-dealkylation sites (tertiary alicyclic amines) is 1. The molecule has 8 nitrogen and oxygen atoms in total. The van der Waals surface area contributed by atoms with E-state index in [2.05, 4.69) is 4.98 Å². The number of aryl methyl sites for hydroxylation is 1. The smallest absolute Gasteiger partial charge is 0.332 e. The highest BCUT2D eigenvalue weighted by molar-refractivity contribution is 6.22. The van der Waals surface area contributed by atoms with Crippen molar-refractivity contribution >= 4 is 23.5 Å². The third kappa shape index (κ3) is 1.98. The maximum absolute atomic E-state index is 12.9.